The van der Waals surface area contributed by atoms with Crippen LogP contribution in [0.2, 0.25) is 0 Å². The fraction of sp³-hybridized carbons (Fsp3) is 0.440. The minimum atomic E-state index is -0.305. The third-order valence-corrected chi connectivity index (χ3v) is 7.51. The van der Waals surface area contributed by atoms with Gasteiger partial charge in [-0.05, 0) is 50.1 Å². The number of aliphatic hydroxyl groups excluding tert-OH is 1. The van der Waals surface area contributed by atoms with Crippen LogP contribution in [0.4, 0.5) is 0 Å². The van der Waals surface area contributed by atoms with Crippen LogP contribution in [-0.2, 0) is 6.42 Å². The van der Waals surface area contributed by atoms with Crippen molar-refractivity contribution >= 4 is 10.9 Å². The minimum absolute atomic E-state index is 0.261. The summed E-state index contributed by atoms with van der Waals surface area (Å²) >= 11 is 0. The second-order valence-corrected chi connectivity index (χ2v) is 9.11. The molecular formula is C25H29N3O3. The van der Waals surface area contributed by atoms with Gasteiger partial charge in [0.15, 0.2) is 11.5 Å². The van der Waals surface area contributed by atoms with Gasteiger partial charge in [0.1, 0.15) is 0 Å². The number of aliphatic hydroxyl groups is 1. The van der Waals surface area contributed by atoms with Crippen LogP contribution < -0.4 is 14.8 Å². The normalized spacial score (nSPS) is 26.0. The average molecular weight is 420 g/mol. The minimum Gasteiger partial charge on any atom is -0.454 e. The van der Waals surface area contributed by atoms with E-state index in [0.29, 0.717) is 12.1 Å². The summed E-state index contributed by atoms with van der Waals surface area (Å²) in [5, 5.41) is 15.1. The standard InChI is InChI=1S/C25H29N3O3/c1-14(29)19-12-28-9-8-18-17-5-3-4-16(15-6-7-22-23(10-15)31-13-30-22)24(17)27-25(18)21(28)11-20(19)26-2/h3-7,10,14,19-21,26-27,29H,8-9,11-13H2,1-2H3/t14-,19-,20-,21-/m0/s1. The lowest BCUT2D eigenvalue weighted by atomic mass is 9.80. The molecule has 162 valence electrons. The van der Waals surface area contributed by atoms with E-state index in [1.54, 1.807) is 0 Å². The molecule has 3 aliphatic heterocycles. The fourth-order valence-electron chi connectivity index (χ4n) is 5.87. The third kappa shape index (κ3) is 2.97. The SMILES string of the molecule is CN[C@H]1C[C@H]2c3[nH]c4c(-c5ccc6c(c5)OCO6)cccc4c3CCN2C[C@H]1[C@H](C)O. The molecule has 0 bridgehead atoms. The zero-order valence-electron chi connectivity index (χ0n) is 18.0. The molecule has 4 heterocycles. The molecule has 31 heavy (non-hydrogen) atoms. The molecule has 1 saturated heterocycles. The van der Waals surface area contributed by atoms with Crippen molar-refractivity contribution in [2.24, 2.45) is 5.92 Å². The van der Waals surface area contributed by atoms with Gasteiger partial charge in [0.05, 0.1) is 17.7 Å². The Morgan fingerprint density at radius 3 is 2.90 bits per heavy atom. The number of fused-ring (bicyclic) bond motifs is 6. The molecule has 0 radical (unpaired) electrons. The van der Waals surface area contributed by atoms with Gasteiger partial charge in [0, 0.05) is 41.7 Å². The molecule has 0 aliphatic carbocycles. The Morgan fingerprint density at radius 2 is 2.06 bits per heavy atom. The summed E-state index contributed by atoms with van der Waals surface area (Å²) in [4.78, 5) is 6.39. The quantitative estimate of drug-likeness (QED) is 0.607. The smallest absolute Gasteiger partial charge is 0.231 e. The van der Waals surface area contributed by atoms with Crippen molar-refractivity contribution in [2.45, 2.75) is 38.0 Å². The van der Waals surface area contributed by atoms with Crippen molar-refractivity contribution in [1.29, 1.82) is 0 Å². The molecule has 0 spiro atoms. The molecule has 0 amide bonds. The molecular weight excluding hydrogens is 390 g/mol. The summed E-state index contributed by atoms with van der Waals surface area (Å²) in [5.41, 5.74) is 6.32. The maximum absolute atomic E-state index is 10.3. The second kappa shape index (κ2) is 7.26. The number of benzene rings is 2. The van der Waals surface area contributed by atoms with E-state index in [9.17, 15) is 5.11 Å². The molecule has 2 aromatic carbocycles. The van der Waals surface area contributed by atoms with Gasteiger partial charge in [-0.2, -0.15) is 0 Å². The van der Waals surface area contributed by atoms with E-state index in [0.717, 1.165) is 43.0 Å². The number of para-hydroxylation sites is 1. The zero-order chi connectivity index (χ0) is 21.1. The molecule has 4 atom stereocenters. The van der Waals surface area contributed by atoms with E-state index in [-0.39, 0.29) is 18.8 Å². The average Bonchev–Trinajstić information content (AvgIpc) is 3.41. The molecule has 1 aromatic heterocycles. The van der Waals surface area contributed by atoms with Gasteiger partial charge in [-0.3, -0.25) is 4.90 Å². The lowest BCUT2D eigenvalue weighted by Gasteiger charge is -2.47. The number of aromatic nitrogens is 1. The van der Waals surface area contributed by atoms with Crippen LogP contribution in [0.3, 0.4) is 0 Å². The van der Waals surface area contributed by atoms with Crippen LogP contribution in [0.25, 0.3) is 22.0 Å². The summed E-state index contributed by atoms with van der Waals surface area (Å²) in [5.74, 6) is 1.88. The molecule has 6 heteroatoms. The second-order valence-electron chi connectivity index (χ2n) is 9.11. The zero-order valence-corrected chi connectivity index (χ0v) is 18.0. The lowest BCUT2D eigenvalue weighted by Crippen LogP contribution is -2.54. The Bertz CT molecular complexity index is 1140. The number of nitrogens with one attached hydrogen (secondary N) is 2. The van der Waals surface area contributed by atoms with E-state index in [4.69, 9.17) is 9.47 Å². The molecule has 3 aliphatic rings. The highest BCUT2D eigenvalue weighted by molar-refractivity contribution is 5.97. The highest BCUT2D eigenvalue weighted by Crippen LogP contribution is 2.44. The van der Waals surface area contributed by atoms with Gasteiger partial charge < -0.3 is 24.9 Å². The van der Waals surface area contributed by atoms with Crippen LogP contribution in [-0.4, -0.2) is 54.1 Å². The Morgan fingerprint density at radius 1 is 1.19 bits per heavy atom. The van der Waals surface area contributed by atoms with E-state index in [1.807, 2.05) is 20.0 Å². The van der Waals surface area contributed by atoms with Gasteiger partial charge in [0.25, 0.3) is 0 Å². The van der Waals surface area contributed by atoms with E-state index >= 15 is 0 Å². The lowest BCUT2D eigenvalue weighted by molar-refractivity contribution is 0.00758. The predicted octanol–water partition coefficient (Wildman–Crippen LogP) is 3.45. The van der Waals surface area contributed by atoms with Gasteiger partial charge in [-0.15, -0.1) is 0 Å². The molecule has 6 nitrogen and oxygen atoms in total. The third-order valence-electron chi connectivity index (χ3n) is 7.51. The summed E-state index contributed by atoms with van der Waals surface area (Å²) in [6.45, 7) is 4.18. The maximum Gasteiger partial charge on any atom is 0.231 e. The van der Waals surface area contributed by atoms with Gasteiger partial charge in [-0.25, -0.2) is 0 Å². The number of aromatic amines is 1. The number of hydrogen-bond acceptors (Lipinski definition) is 5. The van der Waals surface area contributed by atoms with Crippen molar-refractivity contribution in [3.05, 3.63) is 47.7 Å². The largest absolute Gasteiger partial charge is 0.454 e. The van der Waals surface area contributed by atoms with Crippen molar-refractivity contribution in [2.75, 3.05) is 26.9 Å². The first-order valence-corrected chi connectivity index (χ1v) is 11.3. The van der Waals surface area contributed by atoms with Crippen molar-refractivity contribution < 1.29 is 14.6 Å². The first-order valence-electron chi connectivity index (χ1n) is 11.3. The van der Waals surface area contributed by atoms with Crippen LogP contribution >= 0.6 is 0 Å². The van der Waals surface area contributed by atoms with Crippen LogP contribution in [0.15, 0.2) is 36.4 Å². The number of ether oxygens (including phenoxy) is 2. The number of hydrogen-bond donors (Lipinski definition) is 3. The van der Waals surface area contributed by atoms with Gasteiger partial charge >= 0.3 is 0 Å². The van der Waals surface area contributed by atoms with E-state index in [1.165, 1.54) is 27.7 Å². The fourth-order valence-corrected chi connectivity index (χ4v) is 5.87. The summed E-state index contributed by atoms with van der Waals surface area (Å²) in [6, 6.07) is 13.4. The highest BCUT2D eigenvalue weighted by atomic mass is 16.7. The topological polar surface area (TPSA) is 69.8 Å². The Labute approximate surface area is 182 Å². The summed E-state index contributed by atoms with van der Waals surface area (Å²) in [7, 11) is 2.02. The number of H-pyrrole nitrogens is 1. The van der Waals surface area contributed by atoms with E-state index in [2.05, 4.69) is 45.5 Å². The highest BCUT2D eigenvalue weighted by Gasteiger charge is 2.41. The van der Waals surface area contributed by atoms with E-state index < -0.39 is 0 Å². The Hall–Kier alpha value is -2.54. The predicted molar refractivity (Wildman–Crippen MR) is 121 cm³/mol. The van der Waals surface area contributed by atoms with Gasteiger partial charge in [-0.1, -0.05) is 24.3 Å². The van der Waals surface area contributed by atoms with Crippen molar-refractivity contribution in [3.63, 3.8) is 0 Å². The Kier molecular flexibility index (Phi) is 4.49. The van der Waals surface area contributed by atoms with Crippen molar-refractivity contribution in [1.82, 2.24) is 15.2 Å². The number of piperidine rings is 1. The van der Waals surface area contributed by atoms with Crippen molar-refractivity contribution in [3.8, 4) is 22.6 Å². The Balaban J connectivity index is 1.43. The first kappa shape index (κ1) is 19.2. The molecule has 3 N–H and O–H groups in total. The van der Waals surface area contributed by atoms with Crippen LogP contribution in [0.5, 0.6) is 11.5 Å². The molecule has 6 rings (SSSR count). The number of nitrogens with zero attached hydrogens (tertiary/aromatic N) is 1. The maximum atomic E-state index is 10.3. The first-order chi connectivity index (χ1) is 15.1. The molecule has 0 unspecified atom stereocenters. The van der Waals surface area contributed by atoms with Gasteiger partial charge in [0.2, 0.25) is 6.79 Å². The molecule has 1 fully saturated rings. The van der Waals surface area contributed by atoms with Crippen LogP contribution in [0.1, 0.15) is 30.6 Å². The molecule has 3 aromatic rings. The number of rotatable bonds is 3. The summed E-state index contributed by atoms with van der Waals surface area (Å²) < 4.78 is 11.1. The summed E-state index contributed by atoms with van der Waals surface area (Å²) in [6.07, 6.45) is 1.73. The molecule has 0 saturated carbocycles. The van der Waals surface area contributed by atoms with Crippen LogP contribution in [0, 0.1) is 5.92 Å². The monoisotopic (exact) mass is 419 g/mol.